The first-order chi connectivity index (χ1) is 15.8. The summed E-state index contributed by atoms with van der Waals surface area (Å²) >= 11 is 12.2. The van der Waals surface area contributed by atoms with Crippen molar-refractivity contribution in [2.45, 2.75) is 25.8 Å². The lowest BCUT2D eigenvalue weighted by atomic mass is 9.94. The van der Waals surface area contributed by atoms with Gasteiger partial charge in [0.05, 0.1) is 15.0 Å². The Bertz CT molecular complexity index is 978. The lowest BCUT2D eigenvalue weighted by Crippen LogP contribution is -2.43. The number of nitrogens with zero attached hydrogens (tertiary/aromatic N) is 4. The Kier molecular flexibility index (Phi) is 8.95. The Hall–Kier alpha value is -2.35. The molecule has 1 amide bonds. The van der Waals surface area contributed by atoms with Crippen molar-refractivity contribution >= 4 is 40.5 Å². The average Bonchev–Trinajstić information content (AvgIpc) is 2.80. The summed E-state index contributed by atoms with van der Waals surface area (Å²) in [5, 5.41) is 12.4. The fourth-order valence-corrected chi connectivity index (χ4v) is 4.54. The standard InChI is InChI=1S/C24H30Cl2N4O3/c1-27(2)12-5-13-29(17-18-8-9-20(25)21(26)16-18)24(31)19-10-14-28(15-11-19)22-6-3-4-7-23(22)30(32)33/h3-4,6-9,16,19H,5,10-15,17H2,1-2H3. The van der Waals surface area contributed by atoms with E-state index in [4.69, 9.17) is 23.2 Å². The summed E-state index contributed by atoms with van der Waals surface area (Å²) in [6.07, 6.45) is 2.20. The number of nitro benzene ring substituents is 1. The molecule has 0 atom stereocenters. The van der Waals surface area contributed by atoms with Crippen molar-refractivity contribution in [1.29, 1.82) is 0 Å². The van der Waals surface area contributed by atoms with Crippen LogP contribution in [0, 0.1) is 16.0 Å². The van der Waals surface area contributed by atoms with E-state index in [1.54, 1.807) is 18.2 Å². The number of para-hydroxylation sites is 2. The van der Waals surface area contributed by atoms with Crippen LogP contribution in [-0.4, -0.2) is 60.9 Å². The maximum absolute atomic E-state index is 13.5. The summed E-state index contributed by atoms with van der Waals surface area (Å²) < 4.78 is 0. The molecule has 0 aliphatic carbocycles. The predicted octanol–water partition coefficient (Wildman–Crippen LogP) is 5.10. The first kappa shape index (κ1) is 25.3. The molecular formula is C24H30Cl2N4O3. The molecule has 1 aliphatic rings. The summed E-state index contributed by atoms with van der Waals surface area (Å²) in [6.45, 7) is 3.25. The van der Waals surface area contributed by atoms with Crippen LogP contribution in [0.1, 0.15) is 24.8 Å². The second-order valence-corrected chi connectivity index (χ2v) is 9.49. The largest absolute Gasteiger partial charge is 0.366 e. The van der Waals surface area contributed by atoms with Gasteiger partial charge in [-0.05, 0) is 63.7 Å². The number of piperidine rings is 1. The molecular weight excluding hydrogens is 463 g/mol. The highest BCUT2D eigenvalue weighted by Crippen LogP contribution is 2.32. The molecule has 0 aromatic heterocycles. The smallest absolute Gasteiger partial charge is 0.292 e. The molecule has 1 aliphatic heterocycles. The molecule has 9 heteroatoms. The number of anilines is 1. The molecule has 7 nitrogen and oxygen atoms in total. The predicted molar refractivity (Wildman–Crippen MR) is 133 cm³/mol. The molecule has 1 saturated heterocycles. The van der Waals surface area contributed by atoms with E-state index in [-0.39, 0.29) is 22.4 Å². The molecule has 1 heterocycles. The molecule has 2 aromatic carbocycles. The molecule has 2 aromatic rings. The van der Waals surface area contributed by atoms with Gasteiger partial charge in [0, 0.05) is 38.2 Å². The second-order valence-electron chi connectivity index (χ2n) is 8.67. The Morgan fingerprint density at radius 1 is 1.09 bits per heavy atom. The average molecular weight is 493 g/mol. The van der Waals surface area contributed by atoms with Gasteiger partial charge < -0.3 is 14.7 Å². The zero-order valence-corrected chi connectivity index (χ0v) is 20.6. The number of hydrogen-bond donors (Lipinski definition) is 0. The van der Waals surface area contributed by atoms with Crippen LogP contribution in [0.2, 0.25) is 10.0 Å². The van der Waals surface area contributed by atoms with Crippen LogP contribution in [0.3, 0.4) is 0 Å². The molecule has 0 saturated carbocycles. The van der Waals surface area contributed by atoms with Crippen molar-refractivity contribution in [2.24, 2.45) is 5.92 Å². The van der Waals surface area contributed by atoms with Crippen molar-refractivity contribution in [1.82, 2.24) is 9.80 Å². The van der Waals surface area contributed by atoms with E-state index in [2.05, 4.69) is 4.90 Å². The SMILES string of the molecule is CN(C)CCCN(Cc1ccc(Cl)c(Cl)c1)C(=O)C1CCN(c2ccccc2[N+](=O)[O-])CC1. The van der Waals surface area contributed by atoms with E-state index in [1.165, 1.54) is 6.07 Å². The molecule has 3 rings (SSSR count). The van der Waals surface area contributed by atoms with Crippen molar-refractivity contribution in [3.05, 3.63) is 68.2 Å². The number of carbonyl (C=O) groups is 1. The third kappa shape index (κ3) is 6.82. The molecule has 0 bridgehead atoms. The molecule has 0 unspecified atom stereocenters. The Labute approximate surface area is 205 Å². The lowest BCUT2D eigenvalue weighted by molar-refractivity contribution is -0.384. The summed E-state index contributed by atoms with van der Waals surface area (Å²) in [6, 6.07) is 12.3. The minimum atomic E-state index is -0.351. The maximum atomic E-state index is 13.5. The van der Waals surface area contributed by atoms with E-state index >= 15 is 0 Å². The van der Waals surface area contributed by atoms with Gasteiger partial charge in [0.15, 0.2) is 0 Å². The van der Waals surface area contributed by atoms with E-state index in [0.29, 0.717) is 54.8 Å². The second kappa shape index (κ2) is 11.7. The number of hydrogen-bond acceptors (Lipinski definition) is 5. The molecule has 33 heavy (non-hydrogen) atoms. The first-order valence-electron chi connectivity index (χ1n) is 11.1. The van der Waals surface area contributed by atoms with Crippen molar-refractivity contribution < 1.29 is 9.72 Å². The van der Waals surface area contributed by atoms with Gasteiger partial charge in [0.1, 0.15) is 5.69 Å². The summed E-state index contributed by atoms with van der Waals surface area (Å²) in [5.74, 6) is 0.0215. The Balaban J connectivity index is 1.68. The number of nitro groups is 1. The first-order valence-corrected chi connectivity index (χ1v) is 11.9. The Morgan fingerprint density at radius 2 is 1.79 bits per heavy atom. The number of benzene rings is 2. The highest BCUT2D eigenvalue weighted by atomic mass is 35.5. The van der Waals surface area contributed by atoms with Gasteiger partial charge in [-0.15, -0.1) is 0 Å². The number of carbonyl (C=O) groups excluding carboxylic acids is 1. The fraction of sp³-hybridized carbons (Fsp3) is 0.458. The maximum Gasteiger partial charge on any atom is 0.292 e. The van der Waals surface area contributed by atoms with E-state index in [1.807, 2.05) is 42.1 Å². The van der Waals surface area contributed by atoms with E-state index < -0.39 is 0 Å². The van der Waals surface area contributed by atoms with Crippen LogP contribution in [0.5, 0.6) is 0 Å². The minimum absolute atomic E-state index is 0.104. The van der Waals surface area contributed by atoms with Crippen LogP contribution in [0.25, 0.3) is 0 Å². The van der Waals surface area contributed by atoms with Gasteiger partial charge in [0.25, 0.3) is 5.69 Å². The van der Waals surface area contributed by atoms with Crippen molar-refractivity contribution in [3.63, 3.8) is 0 Å². The van der Waals surface area contributed by atoms with Gasteiger partial charge in [-0.3, -0.25) is 14.9 Å². The zero-order chi connectivity index (χ0) is 24.0. The Morgan fingerprint density at radius 3 is 2.42 bits per heavy atom. The summed E-state index contributed by atoms with van der Waals surface area (Å²) in [5.41, 5.74) is 1.67. The van der Waals surface area contributed by atoms with Gasteiger partial charge >= 0.3 is 0 Å². The van der Waals surface area contributed by atoms with Crippen LogP contribution < -0.4 is 4.90 Å². The lowest BCUT2D eigenvalue weighted by Gasteiger charge is -2.35. The van der Waals surface area contributed by atoms with Crippen LogP contribution in [-0.2, 0) is 11.3 Å². The van der Waals surface area contributed by atoms with Gasteiger partial charge in [0.2, 0.25) is 5.91 Å². The normalized spacial score (nSPS) is 14.5. The monoisotopic (exact) mass is 492 g/mol. The van der Waals surface area contributed by atoms with Crippen LogP contribution >= 0.6 is 23.2 Å². The fourth-order valence-electron chi connectivity index (χ4n) is 4.21. The quantitative estimate of drug-likeness (QED) is 0.359. The third-order valence-electron chi connectivity index (χ3n) is 5.97. The van der Waals surface area contributed by atoms with Crippen molar-refractivity contribution in [2.75, 3.05) is 45.2 Å². The molecule has 1 fully saturated rings. The highest BCUT2D eigenvalue weighted by molar-refractivity contribution is 6.42. The van der Waals surface area contributed by atoms with Crippen LogP contribution in [0.15, 0.2) is 42.5 Å². The molecule has 178 valence electrons. The molecule has 0 spiro atoms. The summed E-state index contributed by atoms with van der Waals surface area (Å²) in [7, 11) is 4.03. The topological polar surface area (TPSA) is 69.9 Å². The molecule has 0 radical (unpaired) electrons. The van der Waals surface area contributed by atoms with E-state index in [0.717, 1.165) is 18.5 Å². The molecule has 0 N–H and O–H groups in total. The van der Waals surface area contributed by atoms with Crippen molar-refractivity contribution in [3.8, 4) is 0 Å². The van der Waals surface area contributed by atoms with Gasteiger partial charge in [-0.25, -0.2) is 0 Å². The number of rotatable bonds is 9. The van der Waals surface area contributed by atoms with E-state index in [9.17, 15) is 14.9 Å². The van der Waals surface area contributed by atoms with Gasteiger partial charge in [-0.1, -0.05) is 41.4 Å². The third-order valence-corrected chi connectivity index (χ3v) is 6.70. The number of halogens is 2. The summed E-state index contributed by atoms with van der Waals surface area (Å²) in [4.78, 5) is 30.5. The van der Waals surface area contributed by atoms with Crippen LogP contribution in [0.4, 0.5) is 11.4 Å². The minimum Gasteiger partial charge on any atom is -0.366 e. The zero-order valence-electron chi connectivity index (χ0n) is 19.0. The number of amides is 1. The van der Waals surface area contributed by atoms with Gasteiger partial charge in [-0.2, -0.15) is 0 Å². The highest BCUT2D eigenvalue weighted by Gasteiger charge is 2.30.